The van der Waals surface area contributed by atoms with Crippen molar-refractivity contribution in [2.24, 2.45) is 0 Å². The fourth-order valence-corrected chi connectivity index (χ4v) is 1.45. The Morgan fingerprint density at radius 2 is 1.58 bits per heavy atom. The van der Waals surface area contributed by atoms with Crippen LogP contribution in [0.4, 0.5) is 0 Å². The quantitative estimate of drug-likeness (QED) is 0.568. The van der Waals surface area contributed by atoms with Crippen molar-refractivity contribution >= 4 is 5.78 Å². The number of hydrogen-bond donors (Lipinski definition) is 0. The fraction of sp³-hybridized carbons (Fsp3) is 0.500. The topological polar surface area (TPSA) is 17.1 Å². The van der Waals surface area contributed by atoms with Crippen LogP contribution in [0.1, 0.15) is 60.8 Å². The molecule has 0 aromatic heterocycles. The van der Waals surface area contributed by atoms with Crippen molar-refractivity contribution in [2.45, 2.75) is 60.8 Å². The third-order valence-corrected chi connectivity index (χ3v) is 2.09. The molecule has 1 heteroatoms. The van der Waals surface area contributed by atoms with E-state index in [1.807, 2.05) is 47.6 Å². The Labute approximate surface area is 120 Å². The largest absolute Gasteiger partial charge is 0.295 e. The lowest BCUT2D eigenvalue weighted by Gasteiger charge is -2.12. The second-order valence-corrected chi connectivity index (χ2v) is 3.05. The van der Waals surface area contributed by atoms with Gasteiger partial charge in [0.2, 0.25) is 0 Å². The zero-order valence-electron chi connectivity index (χ0n) is 13.8. The van der Waals surface area contributed by atoms with Crippen molar-refractivity contribution in [3.05, 3.63) is 48.6 Å². The van der Waals surface area contributed by atoms with Gasteiger partial charge < -0.3 is 0 Å². The molecule has 0 saturated carbocycles. The van der Waals surface area contributed by atoms with Gasteiger partial charge in [-0.15, -0.1) is 0 Å². The predicted octanol–water partition coefficient (Wildman–Crippen LogP) is 6.04. The van der Waals surface area contributed by atoms with E-state index in [0.29, 0.717) is 6.42 Å². The zero-order valence-corrected chi connectivity index (χ0v) is 13.8. The Hall–Kier alpha value is -1.37. The number of ketones is 1. The second-order valence-electron chi connectivity index (χ2n) is 3.05. The van der Waals surface area contributed by atoms with Crippen LogP contribution >= 0.6 is 0 Å². The van der Waals surface area contributed by atoms with Crippen LogP contribution in [0.2, 0.25) is 0 Å². The van der Waals surface area contributed by atoms with E-state index in [1.165, 1.54) is 0 Å². The van der Waals surface area contributed by atoms with Crippen LogP contribution in [0.25, 0.3) is 0 Å². The summed E-state index contributed by atoms with van der Waals surface area (Å²) in [6, 6.07) is 0. The molecule has 0 spiro atoms. The summed E-state index contributed by atoms with van der Waals surface area (Å²) in [6.07, 6.45) is 9.70. The average Bonchev–Trinajstić information content (AvgIpc) is 2.51. The van der Waals surface area contributed by atoms with E-state index in [0.717, 1.165) is 24.0 Å². The van der Waals surface area contributed by atoms with Crippen LogP contribution in [0, 0.1) is 0 Å². The molecule has 1 rings (SSSR count). The maximum absolute atomic E-state index is 11.1. The van der Waals surface area contributed by atoms with E-state index in [2.05, 4.69) is 13.2 Å². The Morgan fingerprint density at radius 1 is 1.05 bits per heavy atom. The lowest BCUT2D eigenvalue weighted by Crippen LogP contribution is -2.03. The van der Waals surface area contributed by atoms with Gasteiger partial charge in [-0.1, -0.05) is 72.9 Å². The molecule has 1 aliphatic carbocycles. The van der Waals surface area contributed by atoms with Gasteiger partial charge in [0.15, 0.2) is 5.78 Å². The fourth-order valence-electron chi connectivity index (χ4n) is 1.45. The number of rotatable bonds is 3. The van der Waals surface area contributed by atoms with Gasteiger partial charge in [-0.2, -0.15) is 0 Å². The highest BCUT2D eigenvalue weighted by Crippen LogP contribution is 2.22. The van der Waals surface area contributed by atoms with E-state index >= 15 is 0 Å². The first kappa shape index (κ1) is 22.8. The van der Waals surface area contributed by atoms with Crippen molar-refractivity contribution < 1.29 is 4.79 Å². The molecule has 1 nitrogen and oxygen atoms in total. The minimum atomic E-state index is 0.220. The first-order valence-corrected chi connectivity index (χ1v) is 7.47. The molecule has 0 bridgehead atoms. The summed E-state index contributed by atoms with van der Waals surface area (Å²) in [7, 11) is 0. The molecule has 0 atom stereocenters. The summed E-state index contributed by atoms with van der Waals surface area (Å²) in [5.41, 5.74) is 2.11. The maximum atomic E-state index is 11.1. The predicted molar refractivity (Wildman–Crippen MR) is 89.5 cm³/mol. The van der Waals surface area contributed by atoms with Crippen LogP contribution in [0.5, 0.6) is 0 Å². The zero-order chi connectivity index (χ0) is 15.7. The van der Waals surface area contributed by atoms with E-state index < -0.39 is 0 Å². The summed E-state index contributed by atoms with van der Waals surface area (Å²) in [6.45, 7) is 19.3. The van der Waals surface area contributed by atoms with Crippen molar-refractivity contribution in [3.8, 4) is 0 Å². The Morgan fingerprint density at radius 3 is 1.95 bits per heavy atom. The van der Waals surface area contributed by atoms with Crippen LogP contribution in [0.15, 0.2) is 48.6 Å². The number of hydrogen-bond acceptors (Lipinski definition) is 1. The summed E-state index contributed by atoms with van der Waals surface area (Å²) in [4.78, 5) is 11.1. The summed E-state index contributed by atoms with van der Waals surface area (Å²) < 4.78 is 0. The summed E-state index contributed by atoms with van der Waals surface area (Å²) >= 11 is 0. The van der Waals surface area contributed by atoms with E-state index in [-0.39, 0.29) is 5.78 Å². The lowest BCUT2D eigenvalue weighted by atomic mass is 9.92. The minimum Gasteiger partial charge on any atom is -0.295 e. The molecule has 0 radical (unpaired) electrons. The van der Waals surface area contributed by atoms with Gasteiger partial charge in [0.25, 0.3) is 0 Å². The smallest absolute Gasteiger partial charge is 0.155 e. The molecule has 0 saturated heterocycles. The molecule has 0 aromatic rings. The standard InChI is InChI=1S/C12H14O.3C2H6/c1-3-6-10(4-2)11-7-5-8-12(13)9-11;3*1-2/h3-4,6,9H,1-2,5,7-8H2;3*1-2H3/b10-6+;;;. The molecular weight excluding hydrogens is 232 g/mol. The van der Waals surface area contributed by atoms with E-state index in [4.69, 9.17) is 0 Å². The van der Waals surface area contributed by atoms with E-state index in [9.17, 15) is 4.79 Å². The highest BCUT2D eigenvalue weighted by molar-refractivity contribution is 5.92. The van der Waals surface area contributed by atoms with Crippen molar-refractivity contribution in [1.82, 2.24) is 0 Å². The normalized spacial score (nSPS) is 13.3. The molecular formula is C18H32O. The molecule has 0 heterocycles. The Kier molecular flexibility index (Phi) is 22.8. The SMILES string of the molecule is C=C/C=C(\C=C)C1=CC(=O)CCC1.CC.CC.CC. The van der Waals surface area contributed by atoms with E-state index in [1.54, 1.807) is 18.2 Å². The van der Waals surface area contributed by atoms with Gasteiger partial charge >= 0.3 is 0 Å². The van der Waals surface area contributed by atoms with Gasteiger partial charge in [-0.3, -0.25) is 4.79 Å². The Balaban J connectivity index is -0.000000375. The number of allylic oxidation sites excluding steroid dienone is 6. The van der Waals surface area contributed by atoms with Crippen molar-refractivity contribution in [1.29, 1.82) is 0 Å². The van der Waals surface area contributed by atoms with Crippen molar-refractivity contribution in [2.75, 3.05) is 0 Å². The second kappa shape index (κ2) is 19.0. The number of carbonyl (C=O) groups is 1. The third-order valence-electron chi connectivity index (χ3n) is 2.09. The molecule has 0 unspecified atom stereocenters. The summed E-state index contributed by atoms with van der Waals surface area (Å²) in [5.74, 6) is 0.220. The monoisotopic (exact) mass is 264 g/mol. The molecule has 1 aliphatic rings. The molecule has 0 aliphatic heterocycles. The van der Waals surface area contributed by atoms with Gasteiger partial charge in [0.1, 0.15) is 0 Å². The Bertz CT molecular complexity index is 293. The third kappa shape index (κ3) is 11.5. The average molecular weight is 264 g/mol. The molecule has 19 heavy (non-hydrogen) atoms. The molecule has 0 N–H and O–H groups in total. The molecule has 0 fully saturated rings. The van der Waals surface area contributed by atoms with Gasteiger partial charge in [-0.25, -0.2) is 0 Å². The van der Waals surface area contributed by atoms with Crippen LogP contribution in [-0.4, -0.2) is 5.78 Å². The first-order valence-electron chi connectivity index (χ1n) is 7.47. The number of carbonyl (C=O) groups excluding carboxylic acids is 1. The van der Waals surface area contributed by atoms with Crippen molar-refractivity contribution in [3.63, 3.8) is 0 Å². The highest BCUT2D eigenvalue weighted by Gasteiger charge is 2.10. The molecule has 0 amide bonds. The maximum Gasteiger partial charge on any atom is 0.155 e. The first-order chi connectivity index (χ1) is 9.27. The lowest BCUT2D eigenvalue weighted by molar-refractivity contribution is -0.115. The highest BCUT2D eigenvalue weighted by atomic mass is 16.1. The van der Waals surface area contributed by atoms with Crippen LogP contribution in [0.3, 0.4) is 0 Å². The van der Waals surface area contributed by atoms with Gasteiger partial charge in [-0.05, 0) is 30.1 Å². The minimum absolute atomic E-state index is 0.220. The van der Waals surface area contributed by atoms with Crippen LogP contribution < -0.4 is 0 Å². The van der Waals surface area contributed by atoms with Gasteiger partial charge in [0.05, 0.1) is 0 Å². The molecule has 110 valence electrons. The van der Waals surface area contributed by atoms with Gasteiger partial charge in [0, 0.05) is 6.42 Å². The van der Waals surface area contributed by atoms with Crippen LogP contribution in [-0.2, 0) is 4.79 Å². The molecule has 0 aromatic carbocycles. The summed E-state index contributed by atoms with van der Waals surface area (Å²) in [5, 5.41) is 0.